The summed E-state index contributed by atoms with van der Waals surface area (Å²) in [5, 5.41) is 3.29. The summed E-state index contributed by atoms with van der Waals surface area (Å²) in [5.41, 5.74) is 3.54. The van der Waals surface area contributed by atoms with Crippen molar-refractivity contribution in [3.05, 3.63) is 29.7 Å². The zero-order valence-corrected chi connectivity index (χ0v) is 12.1. The number of anilines is 2. The van der Waals surface area contributed by atoms with E-state index < -0.39 is 0 Å². The van der Waals surface area contributed by atoms with Crippen LogP contribution in [0, 0.1) is 6.92 Å². The third-order valence-electron chi connectivity index (χ3n) is 2.96. The summed E-state index contributed by atoms with van der Waals surface area (Å²) in [6, 6.07) is -0.0956. The average Bonchev–Trinajstić information content (AvgIpc) is 2.84. The lowest BCUT2D eigenvalue weighted by molar-refractivity contribution is 0.453. The Hall–Kier alpha value is -2.15. The number of hydrogen-bond acceptors (Lipinski definition) is 7. The lowest BCUT2D eigenvalue weighted by Crippen LogP contribution is -2.16. The molecule has 0 saturated heterocycles. The molecule has 2 aromatic heterocycles. The van der Waals surface area contributed by atoms with E-state index in [1.807, 2.05) is 13.8 Å². The molecule has 0 radical (unpaired) electrons. The van der Waals surface area contributed by atoms with Crippen LogP contribution in [0.25, 0.3) is 0 Å². The van der Waals surface area contributed by atoms with Crippen molar-refractivity contribution in [3.8, 4) is 0 Å². The van der Waals surface area contributed by atoms with Crippen molar-refractivity contribution in [2.75, 3.05) is 10.7 Å². The summed E-state index contributed by atoms with van der Waals surface area (Å²) in [6.07, 6.45) is 3.17. The Morgan fingerprint density at radius 1 is 1.15 bits per heavy atom. The molecule has 0 spiro atoms. The van der Waals surface area contributed by atoms with Gasteiger partial charge >= 0.3 is 0 Å². The van der Waals surface area contributed by atoms with Crippen molar-refractivity contribution in [3.63, 3.8) is 0 Å². The molecule has 2 aromatic rings. The highest BCUT2D eigenvalue weighted by Crippen LogP contribution is 2.30. The first-order valence-electron chi connectivity index (χ1n) is 6.53. The molecule has 0 aliphatic rings. The summed E-state index contributed by atoms with van der Waals surface area (Å²) < 4.78 is 5.52. The molecule has 0 fully saturated rings. The molecule has 1 unspecified atom stereocenters. The third-order valence-corrected chi connectivity index (χ3v) is 2.96. The van der Waals surface area contributed by atoms with Crippen LogP contribution in [-0.2, 0) is 0 Å². The molecule has 1 atom stereocenters. The Balaban J connectivity index is 2.29. The minimum Gasteiger partial charge on any atom is -0.444 e. The normalized spacial score (nSPS) is 12.5. The highest BCUT2D eigenvalue weighted by molar-refractivity contribution is 5.58. The van der Waals surface area contributed by atoms with E-state index in [2.05, 4.69) is 39.5 Å². The van der Waals surface area contributed by atoms with Crippen molar-refractivity contribution in [1.29, 1.82) is 0 Å². The van der Waals surface area contributed by atoms with E-state index in [4.69, 9.17) is 10.3 Å². The number of aromatic nitrogens is 3. The fourth-order valence-electron chi connectivity index (χ4n) is 2.01. The van der Waals surface area contributed by atoms with Crippen LogP contribution in [0.4, 0.5) is 11.6 Å². The fourth-order valence-corrected chi connectivity index (χ4v) is 2.01. The maximum atomic E-state index is 5.52. The second-order valence-corrected chi connectivity index (χ2v) is 4.96. The molecule has 4 N–H and O–H groups in total. The summed E-state index contributed by atoms with van der Waals surface area (Å²) in [5.74, 6) is 8.48. The molecule has 0 amide bonds. The molecule has 20 heavy (non-hydrogen) atoms. The number of nitrogens with zero attached hydrogens (tertiary/aromatic N) is 3. The molecule has 0 aliphatic carbocycles. The number of nitrogens with one attached hydrogen (secondary N) is 2. The molecular formula is C13H20N6O. The summed E-state index contributed by atoms with van der Waals surface area (Å²) in [6.45, 7) is 7.95. The second kappa shape index (κ2) is 5.87. The van der Waals surface area contributed by atoms with Crippen molar-refractivity contribution in [1.82, 2.24) is 15.0 Å². The van der Waals surface area contributed by atoms with Crippen molar-refractivity contribution in [2.24, 2.45) is 5.84 Å². The first kappa shape index (κ1) is 14.3. The summed E-state index contributed by atoms with van der Waals surface area (Å²) in [7, 11) is 0. The van der Waals surface area contributed by atoms with Crippen molar-refractivity contribution < 1.29 is 4.42 Å². The monoisotopic (exact) mass is 276 g/mol. The van der Waals surface area contributed by atoms with E-state index in [0.29, 0.717) is 11.7 Å². The Morgan fingerprint density at radius 2 is 1.85 bits per heavy atom. The zero-order chi connectivity index (χ0) is 14.7. The van der Waals surface area contributed by atoms with Crippen molar-refractivity contribution >= 4 is 11.6 Å². The van der Waals surface area contributed by atoms with Gasteiger partial charge < -0.3 is 15.2 Å². The zero-order valence-electron chi connectivity index (χ0n) is 12.1. The Bertz CT molecular complexity index is 580. The SMILES string of the molecule is Cc1cnc(C(C)Nc2ncnc(NN)c2C(C)C)o1. The number of hydrazine groups is 1. The predicted octanol–water partition coefficient (Wildman–Crippen LogP) is 2.36. The summed E-state index contributed by atoms with van der Waals surface area (Å²) in [4.78, 5) is 12.6. The van der Waals surface area contributed by atoms with Gasteiger partial charge in [0.15, 0.2) is 0 Å². The topological polar surface area (TPSA) is 102 Å². The second-order valence-electron chi connectivity index (χ2n) is 4.96. The molecule has 0 bridgehead atoms. The Kier molecular flexibility index (Phi) is 4.19. The lowest BCUT2D eigenvalue weighted by Gasteiger charge is -2.18. The van der Waals surface area contributed by atoms with Crippen LogP contribution in [0.3, 0.4) is 0 Å². The maximum Gasteiger partial charge on any atom is 0.216 e. The quantitative estimate of drug-likeness (QED) is 0.569. The molecule has 7 heteroatoms. The third kappa shape index (κ3) is 2.88. The van der Waals surface area contributed by atoms with E-state index in [-0.39, 0.29) is 12.0 Å². The molecular weight excluding hydrogens is 256 g/mol. The molecule has 2 heterocycles. The highest BCUT2D eigenvalue weighted by atomic mass is 16.4. The Labute approximate surface area is 118 Å². The largest absolute Gasteiger partial charge is 0.444 e. The van der Waals surface area contributed by atoms with Crippen LogP contribution in [0.15, 0.2) is 16.9 Å². The van der Waals surface area contributed by atoms with Crippen molar-refractivity contribution in [2.45, 2.75) is 39.7 Å². The van der Waals surface area contributed by atoms with Crippen LogP contribution in [0.1, 0.15) is 49.9 Å². The predicted molar refractivity (Wildman–Crippen MR) is 77.2 cm³/mol. The number of rotatable bonds is 5. The standard InChI is InChI=1S/C13H20N6O/c1-7(2)10-11(16-6-17-12(10)19-14)18-9(4)13-15-5-8(3)20-13/h5-7,9H,14H2,1-4H3,(H2,16,17,18,19). The average molecular weight is 276 g/mol. The van der Waals surface area contributed by atoms with Gasteiger partial charge in [-0.05, 0) is 19.8 Å². The van der Waals surface area contributed by atoms with Crippen LogP contribution >= 0.6 is 0 Å². The Morgan fingerprint density at radius 3 is 2.40 bits per heavy atom. The van der Waals surface area contributed by atoms with Gasteiger partial charge in [0.2, 0.25) is 5.89 Å². The van der Waals surface area contributed by atoms with Gasteiger partial charge in [-0.2, -0.15) is 0 Å². The van der Waals surface area contributed by atoms with Crippen LogP contribution in [0.2, 0.25) is 0 Å². The van der Waals surface area contributed by atoms with Gasteiger partial charge in [-0.15, -0.1) is 0 Å². The molecule has 7 nitrogen and oxygen atoms in total. The molecule has 2 rings (SSSR count). The molecule has 108 valence electrons. The number of hydrogen-bond donors (Lipinski definition) is 3. The van der Waals surface area contributed by atoms with Gasteiger partial charge in [0.25, 0.3) is 0 Å². The van der Waals surface area contributed by atoms with E-state index >= 15 is 0 Å². The molecule has 0 aliphatic heterocycles. The van der Waals surface area contributed by atoms with Gasteiger partial charge in [-0.3, -0.25) is 0 Å². The first-order chi connectivity index (χ1) is 9.52. The minimum absolute atomic E-state index is 0.0956. The number of nitrogen functional groups attached to an aromatic ring is 1. The van der Waals surface area contributed by atoms with Crippen LogP contribution in [0.5, 0.6) is 0 Å². The van der Waals surface area contributed by atoms with Gasteiger partial charge in [-0.25, -0.2) is 20.8 Å². The summed E-state index contributed by atoms with van der Waals surface area (Å²) >= 11 is 0. The highest BCUT2D eigenvalue weighted by Gasteiger charge is 2.18. The number of aryl methyl sites for hydroxylation is 1. The van der Waals surface area contributed by atoms with E-state index in [1.165, 1.54) is 6.33 Å². The molecule has 0 saturated carbocycles. The smallest absolute Gasteiger partial charge is 0.216 e. The van der Waals surface area contributed by atoms with Gasteiger partial charge in [0.05, 0.1) is 6.20 Å². The van der Waals surface area contributed by atoms with Gasteiger partial charge in [-0.1, -0.05) is 13.8 Å². The maximum absolute atomic E-state index is 5.52. The first-order valence-corrected chi connectivity index (χ1v) is 6.53. The van der Waals surface area contributed by atoms with E-state index in [9.17, 15) is 0 Å². The lowest BCUT2D eigenvalue weighted by atomic mass is 10.0. The van der Waals surface area contributed by atoms with Gasteiger partial charge in [0, 0.05) is 5.56 Å². The van der Waals surface area contributed by atoms with E-state index in [0.717, 1.165) is 17.1 Å². The van der Waals surface area contributed by atoms with E-state index in [1.54, 1.807) is 6.20 Å². The molecule has 0 aromatic carbocycles. The van der Waals surface area contributed by atoms with Crippen LogP contribution in [-0.4, -0.2) is 15.0 Å². The number of nitrogens with two attached hydrogens (primary N) is 1. The van der Waals surface area contributed by atoms with Gasteiger partial charge in [0.1, 0.15) is 29.8 Å². The number of oxazole rings is 1. The minimum atomic E-state index is -0.0956. The van der Waals surface area contributed by atoms with Crippen LogP contribution < -0.4 is 16.6 Å². The fraction of sp³-hybridized carbons (Fsp3) is 0.462.